The quantitative estimate of drug-likeness (QED) is 0.295. The first kappa shape index (κ1) is 14.7. The molecule has 0 nitrogen and oxygen atoms in total. The molecule has 0 aromatic carbocycles. The van der Waals surface area contributed by atoms with Gasteiger partial charge in [0.15, 0.2) is 0 Å². The van der Waals surface area contributed by atoms with Crippen LogP contribution in [-0.2, 0) is 0 Å². The number of rotatable bonds is 11. The second kappa shape index (κ2) is 13.7. The molecule has 0 radical (unpaired) electrons. The first-order chi connectivity index (χ1) is 7.41. The summed E-state index contributed by atoms with van der Waals surface area (Å²) in [6, 6.07) is 0. The van der Waals surface area contributed by atoms with Crippen molar-refractivity contribution in [1.82, 2.24) is 0 Å². The van der Waals surface area contributed by atoms with Gasteiger partial charge < -0.3 is 0 Å². The monoisotopic (exact) mass is 210 g/mol. The summed E-state index contributed by atoms with van der Waals surface area (Å²) in [4.78, 5) is 0. The molecule has 0 unspecified atom stereocenters. The van der Waals surface area contributed by atoms with E-state index in [1.165, 1.54) is 70.6 Å². The Hall–Kier alpha value is -0.260. The third kappa shape index (κ3) is 13.7. The van der Waals surface area contributed by atoms with Gasteiger partial charge in [0.25, 0.3) is 0 Å². The van der Waals surface area contributed by atoms with Crippen molar-refractivity contribution < 1.29 is 0 Å². The predicted molar refractivity (Wildman–Crippen MR) is 71.3 cm³/mol. The van der Waals surface area contributed by atoms with Crippen molar-refractivity contribution in [2.24, 2.45) is 0 Å². The minimum atomic E-state index is 1.28. The van der Waals surface area contributed by atoms with Crippen LogP contribution in [0.15, 0.2) is 12.2 Å². The summed E-state index contributed by atoms with van der Waals surface area (Å²) in [5.41, 5.74) is 0. The van der Waals surface area contributed by atoms with Gasteiger partial charge in [-0.2, -0.15) is 0 Å². The molecule has 15 heavy (non-hydrogen) atoms. The zero-order valence-corrected chi connectivity index (χ0v) is 10.9. The van der Waals surface area contributed by atoms with E-state index in [0.29, 0.717) is 0 Å². The average molecular weight is 210 g/mol. The normalized spacial score (nSPS) is 11.3. The maximum Gasteiger partial charge on any atom is -0.0351 e. The Kier molecular flexibility index (Phi) is 13.5. The molecule has 0 N–H and O–H groups in total. The first-order valence-corrected chi connectivity index (χ1v) is 7.03. The van der Waals surface area contributed by atoms with Gasteiger partial charge in [-0.15, -0.1) is 0 Å². The van der Waals surface area contributed by atoms with Crippen molar-refractivity contribution in [2.45, 2.75) is 84.5 Å². The highest BCUT2D eigenvalue weighted by atomic mass is 14.0. The van der Waals surface area contributed by atoms with E-state index in [-0.39, 0.29) is 0 Å². The molecule has 0 saturated carbocycles. The van der Waals surface area contributed by atoms with E-state index in [1.807, 2.05) is 0 Å². The lowest BCUT2D eigenvalue weighted by molar-refractivity contribution is 0.557. The fourth-order valence-corrected chi connectivity index (χ4v) is 1.92. The van der Waals surface area contributed by atoms with Crippen molar-refractivity contribution in [3.8, 4) is 0 Å². The van der Waals surface area contributed by atoms with Crippen LogP contribution in [0.2, 0.25) is 0 Å². The van der Waals surface area contributed by atoms with Crippen molar-refractivity contribution in [3.63, 3.8) is 0 Å². The number of hydrogen-bond donors (Lipinski definition) is 0. The van der Waals surface area contributed by atoms with Crippen LogP contribution < -0.4 is 0 Å². The highest BCUT2D eigenvalue weighted by Gasteiger charge is 1.91. The molecule has 0 heterocycles. The number of unbranched alkanes of at least 4 members (excludes halogenated alkanes) is 10. The minimum absolute atomic E-state index is 1.28. The fourth-order valence-electron chi connectivity index (χ4n) is 1.92. The molecule has 0 aliphatic rings. The van der Waals surface area contributed by atoms with Crippen molar-refractivity contribution in [2.75, 3.05) is 0 Å². The number of hydrogen-bond acceptors (Lipinski definition) is 0. The lowest BCUT2D eigenvalue weighted by Crippen LogP contribution is -1.81. The van der Waals surface area contributed by atoms with E-state index < -0.39 is 0 Å². The molecule has 0 spiro atoms. The molecule has 0 aromatic rings. The topological polar surface area (TPSA) is 0 Å². The Labute approximate surface area is 97.2 Å². The summed E-state index contributed by atoms with van der Waals surface area (Å²) in [6.07, 6.45) is 20.1. The molecular weight excluding hydrogens is 180 g/mol. The second-order valence-electron chi connectivity index (χ2n) is 4.54. The molecule has 0 atom stereocenters. The van der Waals surface area contributed by atoms with Gasteiger partial charge in [-0.25, -0.2) is 0 Å². The molecule has 90 valence electrons. The molecule has 0 amide bonds. The smallest absolute Gasteiger partial charge is 0.0351 e. The van der Waals surface area contributed by atoms with Crippen LogP contribution in [0.4, 0.5) is 0 Å². The molecule has 0 aliphatic carbocycles. The van der Waals surface area contributed by atoms with Gasteiger partial charge >= 0.3 is 0 Å². The summed E-state index contributed by atoms with van der Waals surface area (Å²) in [7, 11) is 0. The van der Waals surface area contributed by atoms with Crippen LogP contribution in [0.5, 0.6) is 0 Å². The summed E-state index contributed by atoms with van der Waals surface area (Å²) in [5, 5.41) is 0. The minimum Gasteiger partial charge on any atom is -0.0917 e. The number of allylic oxidation sites excluding steroid dienone is 2. The van der Waals surface area contributed by atoms with Crippen molar-refractivity contribution >= 4 is 0 Å². The fraction of sp³-hybridized carbons (Fsp3) is 0.867. The highest BCUT2D eigenvalue weighted by Crippen LogP contribution is 2.11. The Morgan fingerprint density at radius 3 is 1.60 bits per heavy atom. The van der Waals surface area contributed by atoms with E-state index in [0.717, 1.165) is 0 Å². The summed E-state index contributed by atoms with van der Waals surface area (Å²) < 4.78 is 0. The zero-order valence-electron chi connectivity index (χ0n) is 10.9. The molecule has 0 bridgehead atoms. The van der Waals surface area contributed by atoms with E-state index in [2.05, 4.69) is 26.0 Å². The summed E-state index contributed by atoms with van der Waals surface area (Å²) in [5.74, 6) is 0. The predicted octanol–water partition coefficient (Wildman–Crippen LogP) is 5.87. The van der Waals surface area contributed by atoms with Gasteiger partial charge in [0.05, 0.1) is 0 Å². The summed E-state index contributed by atoms with van der Waals surface area (Å²) >= 11 is 0. The second-order valence-corrected chi connectivity index (χ2v) is 4.54. The molecule has 0 heteroatoms. The third-order valence-electron chi connectivity index (χ3n) is 2.96. The standard InChI is InChI=1S/C15H30/c1-3-5-7-9-11-13-15-14-12-10-8-6-4-2/h3,5H,4,6-15H2,1-2H3/b5-3-. The Balaban J connectivity index is 2.86. The van der Waals surface area contributed by atoms with Gasteiger partial charge in [0.2, 0.25) is 0 Å². The van der Waals surface area contributed by atoms with Gasteiger partial charge in [0.1, 0.15) is 0 Å². The Morgan fingerprint density at radius 2 is 1.13 bits per heavy atom. The van der Waals surface area contributed by atoms with Crippen molar-refractivity contribution in [1.29, 1.82) is 0 Å². The lowest BCUT2D eigenvalue weighted by Gasteiger charge is -2.01. The van der Waals surface area contributed by atoms with Gasteiger partial charge in [-0.3, -0.25) is 0 Å². The van der Waals surface area contributed by atoms with Crippen LogP contribution in [0.1, 0.15) is 84.5 Å². The van der Waals surface area contributed by atoms with E-state index in [1.54, 1.807) is 0 Å². The van der Waals surface area contributed by atoms with Crippen LogP contribution in [0.3, 0.4) is 0 Å². The van der Waals surface area contributed by atoms with Gasteiger partial charge in [-0.1, -0.05) is 76.9 Å². The Bertz CT molecular complexity index is 124. The zero-order chi connectivity index (χ0) is 11.2. The lowest BCUT2D eigenvalue weighted by atomic mass is 10.1. The van der Waals surface area contributed by atoms with E-state index in [4.69, 9.17) is 0 Å². The van der Waals surface area contributed by atoms with Gasteiger partial charge in [-0.05, 0) is 19.8 Å². The largest absolute Gasteiger partial charge is 0.0917 e. The third-order valence-corrected chi connectivity index (χ3v) is 2.96. The molecular formula is C15H30. The molecule has 0 fully saturated rings. The maximum absolute atomic E-state index is 2.28. The van der Waals surface area contributed by atoms with Crippen LogP contribution in [0.25, 0.3) is 0 Å². The summed E-state index contributed by atoms with van der Waals surface area (Å²) in [6.45, 7) is 4.39. The molecule has 0 aliphatic heterocycles. The highest BCUT2D eigenvalue weighted by molar-refractivity contribution is 4.76. The van der Waals surface area contributed by atoms with Gasteiger partial charge in [0, 0.05) is 0 Å². The van der Waals surface area contributed by atoms with E-state index >= 15 is 0 Å². The van der Waals surface area contributed by atoms with E-state index in [9.17, 15) is 0 Å². The van der Waals surface area contributed by atoms with Crippen LogP contribution in [-0.4, -0.2) is 0 Å². The maximum atomic E-state index is 2.28. The molecule has 0 aromatic heterocycles. The Morgan fingerprint density at radius 1 is 0.667 bits per heavy atom. The molecule has 0 saturated heterocycles. The SMILES string of the molecule is C/C=C\CCCCCCCCCCCC. The first-order valence-electron chi connectivity index (χ1n) is 7.03. The van der Waals surface area contributed by atoms with Crippen molar-refractivity contribution in [3.05, 3.63) is 12.2 Å². The molecule has 0 rings (SSSR count). The van der Waals surface area contributed by atoms with Crippen LogP contribution in [0, 0.1) is 0 Å². The van der Waals surface area contributed by atoms with Crippen LogP contribution >= 0.6 is 0 Å². The average Bonchev–Trinajstić information content (AvgIpc) is 2.26.